The lowest BCUT2D eigenvalue weighted by Crippen LogP contribution is -2.27. The van der Waals surface area contributed by atoms with Crippen LogP contribution >= 0.6 is 0 Å². The van der Waals surface area contributed by atoms with E-state index in [1.807, 2.05) is 0 Å². The Morgan fingerprint density at radius 2 is 2.05 bits per heavy atom. The molecule has 1 amide bonds. The molecule has 0 heterocycles. The number of carbonyl (C=O) groups is 1. The third kappa shape index (κ3) is 5.04. The van der Waals surface area contributed by atoms with Gasteiger partial charge in [0.1, 0.15) is 0 Å². The molecule has 0 saturated heterocycles. The van der Waals surface area contributed by atoms with Crippen LogP contribution in [0.15, 0.2) is 24.3 Å². The van der Waals surface area contributed by atoms with Crippen LogP contribution in [0.2, 0.25) is 0 Å². The van der Waals surface area contributed by atoms with Crippen LogP contribution in [0.5, 0.6) is 0 Å². The van der Waals surface area contributed by atoms with Crippen molar-refractivity contribution >= 4 is 5.91 Å². The Morgan fingerprint density at radius 3 is 2.63 bits per heavy atom. The summed E-state index contributed by atoms with van der Waals surface area (Å²) in [5, 5.41) is 2.56. The first kappa shape index (κ1) is 15.1. The van der Waals surface area contributed by atoms with Crippen molar-refractivity contribution < 1.29 is 18.0 Å². The standard InChI is InChI=1S/C14H14F3NO/c1-10(2)13(19)18-8-4-6-11-5-3-7-12(9-11)14(15,16)17/h3,5,7,9-10H,8H2,1-2H3,(H,18,19). The lowest BCUT2D eigenvalue weighted by atomic mass is 10.1. The van der Waals surface area contributed by atoms with E-state index in [1.54, 1.807) is 13.8 Å². The van der Waals surface area contributed by atoms with Crippen LogP contribution in [0.25, 0.3) is 0 Å². The topological polar surface area (TPSA) is 29.1 Å². The van der Waals surface area contributed by atoms with Crippen LogP contribution in [0, 0.1) is 17.8 Å². The molecule has 0 aliphatic carbocycles. The molecule has 0 spiro atoms. The monoisotopic (exact) mass is 269 g/mol. The van der Waals surface area contributed by atoms with Crippen molar-refractivity contribution in [2.24, 2.45) is 5.92 Å². The van der Waals surface area contributed by atoms with E-state index in [-0.39, 0.29) is 23.9 Å². The van der Waals surface area contributed by atoms with E-state index in [2.05, 4.69) is 17.2 Å². The molecule has 0 bridgehead atoms. The maximum absolute atomic E-state index is 12.4. The van der Waals surface area contributed by atoms with Gasteiger partial charge in [-0.1, -0.05) is 31.8 Å². The van der Waals surface area contributed by atoms with Crippen LogP contribution in [-0.2, 0) is 11.0 Å². The van der Waals surface area contributed by atoms with Gasteiger partial charge in [0.25, 0.3) is 0 Å². The molecule has 102 valence electrons. The van der Waals surface area contributed by atoms with E-state index in [0.717, 1.165) is 12.1 Å². The smallest absolute Gasteiger partial charge is 0.345 e. The largest absolute Gasteiger partial charge is 0.416 e. The van der Waals surface area contributed by atoms with Gasteiger partial charge in [0.15, 0.2) is 0 Å². The van der Waals surface area contributed by atoms with E-state index in [4.69, 9.17) is 0 Å². The minimum Gasteiger partial charge on any atom is -0.345 e. The molecule has 1 rings (SSSR count). The Labute approximate surface area is 110 Å². The molecule has 1 aromatic carbocycles. The Balaban J connectivity index is 2.66. The van der Waals surface area contributed by atoms with Gasteiger partial charge in [-0.05, 0) is 18.2 Å². The SMILES string of the molecule is CC(C)C(=O)NCC#Cc1cccc(C(F)(F)F)c1. The molecule has 0 radical (unpaired) electrons. The van der Waals surface area contributed by atoms with E-state index in [0.29, 0.717) is 0 Å². The van der Waals surface area contributed by atoms with Gasteiger partial charge < -0.3 is 5.32 Å². The number of rotatable bonds is 2. The van der Waals surface area contributed by atoms with Crippen LogP contribution in [-0.4, -0.2) is 12.5 Å². The second-order valence-corrected chi connectivity index (χ2v) is 4.25. The number of halogens is 3. The first-order valence-corrected chi connectivity index (χ1v) is 5.74. The zero-order valence-electron chi connectivity index (χ0n) is 10.6. The van der Waals surface area contributed by atoms with E-state index < -0.39 is 11.7 Å². The molecule has 0 aliphatic heterocycles. The number of hydrogen-bond donors (Lipinski definition) is 1. The fourth-order valence-corrected chi connectivity index (χ4v) is 1.25. The van der Waals surface area contributed by atoms with Gasteiger partial charge >= 0.3 is 6.18 Å². The normalized spacial score (nSPS) is 10.8. The molecule has 19 heavy (non-hydrogen) atoms. The predicted molar refractivity (Wildman–Crippen MR) is 66.2 cm³/mol. The maximum atomic E-state index is 12.4. The van der Waals surface area contributed by atoms with Crippen LogP contribution < -0.4 is 5.32 Å². The molecule has 1 aromatic rings. The fourth-order valence-electron chi connectivity index (χ4n) is 1.25. The highest BCUT2D eigenvalue weighted by Gasteiger charge is 2.30. The van der Waals surface area contributed by atoms with Gasteiger partial charge in [0.2, 0.25) is 5.91 Å². The minimum atomic E-state index is -4.37. The van der Waals surface area contributed by atoms with Crippen LogP contribution in [0.1, 0.15) is 25.0 Å². The maximum Gasteiger partial charge on any atom is 0.416 e. The Kier molecular flexibility index (Phi) is 4.99. The van der Waals surface area contributed by atoms with Gasteiger partial charge in [0, 0.05) is 11.5 Å². The quantitative estimate of drug-likeness (QED) is 0.822. The average Bonchev–Trinajstić information content (AvgIpc) is 2.33. The van der Waals surface area contributed by atoms with Gasteiger partial charge in [0.05, 0.1) is 12.1 Å². The molecule has 0 aromatic heterocycles. The lowest BCUT2D eigenvalue weighted by molar-refractivity contribution is -0.137. The summed E-state index contributed by atoms with van der Waals surface area (Å²) >= 11 is 0. The zero-order valence-corrected chi connectivity index (χ0v) is 10.6. The van der Waals surface area contributed by atoms with Gasteiger partial charge in [-0.15, -0.1) is 0 Å². The number of hydrogen-bond acceptors (Lipinski definition) is 1. The Hall–Kier alpha value is -1.96. The highest BCUT2D eigenvalue weighted by atomic mass is 19.4. The summed E-state index contributed by atoms with van der Waals surface area (Å²) < 4.78 is 37.3. The number of amides is 1. The van der Waals surface area contributed by atoms with Gasteiger partial charge in [-0.2, -0.15) is 13.2 Å². The summed E-state index contributed by atoms with van der Waals surface area (Å²) in [5.74, 6) is 4.92. The molecule has 5 heteroatoms. The lowest BCUT2D eigenvalue weighted by Gasteiger charge is -2.06. The molecule has 2 nitrogen and oxygen atoms in total. The highest BCUT2D eigenvalue weighted by Crippen LogP contribution is 2.29. The molecule has 0 saturated carbocycles. The van der Waals surface area contributed by atoms with Crippen LogP contribution in [0.4, 0.5) is 13.2 Å². The van der Waals surface area contributed by atoms with E-state index in [9.17, 15) is 18.0 Å². The van der Waals surface area contributed by atoms with Crippen LogP contribution in [0.3, 0.4) is 0 Å². The number of benzene rings is 1. The average molecular weight is 269 g/mol. The van der Waals surface area contributed by atoms with Crippen molar-refractivity contribution in [3.63, 3.8) is 0 Å². The summed E-state index contributed by atoms with van der Waals surface area (Å²) in [5.41, 5.74) is -0.459. The summed E-state index contributed by atoms with van der Waals surface area (Å²) in [6.07, 6.45) is -4.37. The first-order valence-electron chi connectivity index (χ1n) is 5.74. The Bertz CT molecular complexity index is 509. The number of carbonyl (C=O) groups excluding carboxylic acids is 1. The fraction of sp³-hybridized carbons (Fsp3) is 0.357. The molecule has 1 N–H and O–H groups in total. The van der Waals surface area contributed by atoms with E-state index in [1.165, 1.54) is 12.1 Å². The zero-order chi connectivity index (χ0) is 14.5. The molecule has 0 aliphatic rings. The molecule has 0 fully saturated rings. The van der Waals surface area contributed by atoms with E-state index >= 15 is 0 Å². The van der Waals surface area contributed by atoms with Crippen molar-refractivity contribution in [1.29, 1.82) is 0 Å². The second kappa shape index (κ2) is 6.28. The first-order chi connectivity index (χ1) is 8.80. The third-order valence-corrected chi connectivity index (χ3v) is 2.30. The van der Waals surface area contributed by atoms with Crippen molar-refractivity contribution in [2.75, 3.05) is 6.54 Å². The van der Waals surface area contributed by atoms with Gasteiger partial charge in [-0.25, -0.2) is 0 Å². The molecular formula is C14H14F3NO. The minimum absolute atomic E-state index is 0.118. The van der Waals surface area contributed by atoms with Crippen molar-refractivity contribution in [3.8, 4) is 11.8 Å². The Morgan fingerprint density at radius 1 is 1.37 bits per heavy atom. The molecule has 0 atom stereocenters. The highest BCUT2D eigenvalue weighted by molar-refractivity contribution is 5.78. The van der Waals surface area contributed by atoms with Crippen molar-refractivity contribution in [1.82, 2.24) is 5.32 Å². The predicted octanol–water partition coefficient (Wildman–Crippen LogP) is 2.83. The summed E-state index contributed by atoms with van der Waals surface area (Å²) in [6.45, 7) is 3.61. The molecule has 0 unspecified atom stereocenters. The summed E-state index contributed by atoms with van der Waals surface area (Å²) in [6, 6.07) is 4.77. The third-order valence-electron chi connectivity index (χ3n) is 2.30. The second-order valence-electron chi connectivity index (χ2n) is 4.25. The van der Waals surface area contributed by atoms with Crippen molar-refractivity contribution in [2.45, 2.75) is 20.0 Å². The number of alkyl halides is 3. The van der Waals surface area contributed by atoms with Gasteiger partial charge in [-0.3, -0.25) is 4.79 Å². The van der Waals surface area contributed by atoms with Crippen molar-refractivity contribution in [3.05, 3.63) is 35.4 Å². The summed E-state index contributed by atoms with van der Waals surface area (Å²) in [4.78, 5) is 11.2. The number of nitrogens with one attached hydrogen (secondary N) is 1. The molecular weight excluding hydrogens is 255 g/mol. The summed E-state index contributed by atoms with van der Waals surface area (Å²) in [7, 11) is 0.